The summed E-state index contributed by atoms with van der Waals surface area (Å²) < 4.78 is 75.0. The molecule has 4 aromatic heterocycles. The quantitative estimate of drug-likeness (QED) is 0.0935. The van der Waals surface area contributed by atoms with E-state index in [1.54, 1.807) is 0 Å². The number of hydrogen-bond donors (Lipinski definition) is 6. The SMILES string of the molecule is CO[C@H]1[C@H](n2cnc3c(N)ncnc32)OC(C)(COP(=O)(S)[C@@H]2[C@H](F)[C@@H](CCO)O[C@H]2n2cnc3c(=O)[nH]c(N)nc32)[C@H]1O[PH](=O)S. The van der Waals surface area contributed by atoms with Gasteiger partial charge in [-0.15, -0.1) is 0 Å². The number of fused-ring (bicyclic) bond motifs is 2. The maximum absolute atomic E-state index is 16.1. The van der Waals surface area contributed by atoms with Crippen LogP contribution in [0.1, 0.15) is 25.8 Å². The molecule has 6 N–H and O–H groups in total. The standard InChI is InChI=1S/C23H31FN10O9P2S2/c1-23(15(43-44(37)46)13(39-2)20(42-23)33-7-29-11-16(25)27-6-28-17(11)33)5-40-45(38,47)14-10(24)9(3-4-35)41-21(14)34-8-30-12-18(34)31-22(26)32-19(12)36/h6-10,13-15,20-21,35,44H,3-5H2,1-2H3,(H,37,46)(H,38,47)(H2,25,27,28)(H3,26,31,32,36)/t9-,10-,13-,14-,15+,20-,21-,23?,45?/m1/s1. The van der Waals surface area contributed by atoms with Gasteiger partial charge in [-0.1, -0.05) is 24.5 Å². The van der Waals surface area contributed by atoms with Crippen LogP contribution in [0.4, 0.5) is 16.2 Å². The lowest BCUT2D eigenvalue weighted by Gasteiger charge is -2.33. The highest BCUT2D eigenvalue weighted by atomic mass is 32.7. The van der Waals surface area contributed by atoms with Gasteiger partial charge in [-0.05, 0) is 13.3 Å². The van der Waals surface area contributed by atoms with Gasteiger partial charge in [0.15, 0.2) is 35.1 Å². The van der Waals surface area contributed by atoms with Crippen molar-refractivity contribution in [2.75, 3.05) is 31.8 Å². The van der Waals surface area contributed by atoms with E-state index in [2.05, 4.69) is 54.4 Å². The molecule has 0 aliphatic carbocycles. The van der Waals surface area contributed by atoms with Crippen molar-refractivity contribution in [1.82, 2.24) is 39.0 Å². The van der Waals surface area contributed by atoms with Gasteiger partial charge in [0, 0.05) is 13.7 Å². The number of nitrogens with one attached hydrogen (secondary N) is 1. The van der Waals surface area contributed by atoms with Crippen molar-refractivity contribution < 1.29 is 41.9 Å². The van der Waals surface area contributed by atoms with Gasteiger partial charge in [-0.25, -0.2) is 24.3 Å². The van der Waals surface area contributed by atoms with Crippen molar-refractivity contribution in [3.05, 3.63) is 29.3 Å². The van der Waals surface area contributed by atoms with Crippen LogP contribution in [0.5, 0.6) is 0 Å². The number of aliphatic hydroxyl groups excluding tert-OH is 1. The summed E-state index contributed by atoms with van der Waals surface area (Å²) in [4.78, 5) is 35.3. The third kappa shape index (κ3) is 6.09. The second kappa shape index (κ2) is 13.0. The lowest BCUT2D eigenvalue weighted by molar-refractivity contribution is -0.107. The van der Waals surface area contributed by atoms with Crippen LogP contribution in [-0.4, -0.2) is 100 Å². The molecule has 0 spiro atoms. The summed E-state index contributed by atoms with van der Waals surface area (Å²) in [5.74, 6) is -0.117. The zero-order valence-corrected chi connectivity index (χ0v) is 28.3. The molecule has 0 radical (unpaired) electrons. The molecule has 24 heteroatoms. The minimum atomic E-state index is -4.37. The van der Waals surface area contributed by atoms with E-state index in [0.717, 1.165) is 0 Å². The van der Waals surface area contributed by atoms with Crippen LogP contribution >= 0.6 is 38.3 Å². The molecule has 2 aliphatic heterocycles. The van der Waals surface area contributed by atoms with E-state index in [1.165, 1.54) is 42.1 Å². The molecule has 2 aliphatic rings. The van der Waals surface area contributed by atoms with Crippen molar-refractivity contribution in [2.24, 2.45) is 0 Å². The fourth-order valence-corrected chi connectivity index (χ4v) is 9.45. The highest BCUT2D eigenvalue weighted by molar-refractivity contribution is 8.46. The summed E-state index contributed by atoms with van der Waals surface area (Å²) in [5, 5.41) is 9.56. The van der Waals surface area contributed by atoms with Crippen LogP contribution in [0.15, 0.2) is 23.8 Å². The van der Waals surface area contributed by atoms with Gasteiger partial charge >= 0.3 is 0 Å². The molecule has 0 saturated carbocycles. The number of imidazole rings is 2. The number of alkyl halides is 1. The molecule has 10 atom stereocenters. The number of nitrogens with zero attached hydrogens (tertiary/aromatic N) is 7. The second-order valence-corrected chi connectivity index (χ2v) is 16.6. The number of aromatic amines is 1. The fourth-order valence-electron chi connectivity index (χ4n) is 5.91. The Morgan fingerprint density at radius 2 is 1.89 bits per heavy atom. The average Bonchev–Trinajstić information content (AvgIpc) is 3.76. The third-order valence-electron chi connectivity index (χ3n) is 8.07. The number of nitrogens with two attached hydrogens (primary N) is 2. The van der Waals surface area contributed by atoms with Gasteiger partial charge in [0.25, 0.3) is 12.1 Å². The Bertz CT molecular complexity index is 1930. The largest absolute Gasteiger partial charge is 0.396 e. The summed E-state index contributed by atoms with van der Waals surface area (Å²) >= 11 is 8.28. The van der Waals surface area contributed by atoms with Crippen LogP contribution in [0, 0.1) is 0 Å². The number of H-pyrrole nitrogens is 1. The molecule has 2 fully saturated rings. The van der Waals surface area contributed by atoms with Crippen LogP contribution in [0.2, 0.25) is 0 Å². The van der Waals surface area contributed by atoms with E-state index in [1.807, 2.05) is 0 Å². The number of methoxy groups -OCH3 is 1. The fraction of sp³-hybridized carbons (Fsp3) is 0.565. The number of thiol groups is 2. The van der Waals surface area contributed by atoms with Crippen molar-refractivity contribution >= 4 is 72.4 Å². The van der Waals surface area contributed by atoms with E-state index in [-0.39, 0.29) is 29.4 Å². The molecule has 6 heterocycles. The highest BCUT2D eigenvalue weighted by Crippen LogP contribution is 2.65. The Kier molecular flexibility index (Phi) is 9.46. The first kappa shape index (κ1) is 34.2. The first-order chi connectivity index (χ1) is 22.3. The minimum absolute atomic E-state index is 0.0623. The summed E-state index contributed by atoms with van der Waals surface area (Å²) in [7, 11) is -1.54. The normalized spacial score (nSPS) is 31.5. The molecule has 0 bridgehead atoms. The van der Waals surface area contributed by atoms with Gasteiger partial charge in [0.2, 0.25) is 13.2 Å². The van der Waals surface area contributed by atoms with Crippen LogP contribution in [-0.2, 0) is 32.4 Å². The molecule has 6 rings (SSSR count). The summed E-state index contributed by atoms with van der Waals surface area (Å²) in [6.07, 6.45) is -4.04. The predicted molar refractivity (Wildman–Crippen MR) is 171 cm³/mol. The Labute approximate surface area is 275 Å². The summed E-state index contributed by atoms with van der Waals surface area (Å²) in [6, 6.07) is 0. The first-order valence-corrected chi connectivity index (χ1v) is 19.4. The summed E-state index contributed by atoms with van der Waals surface area (Å²) in [5.41, 5.74) is 8.28. The van der Waals surface area contributed by atoms with E-state index in [4.69, 9.17) is 34.7 Å². The topological polar surface area (TPSA) is 260 Å². The van der Waals surface area contributed by atoms with Gasteiger partial charge in [0.1, 0.15) is 41.5 Å². The van der Waals surface area contributed by atoms with E-state index >= 15 is 4.39 Å². The van der Waals surface area contributed by atoms with E-state index in [9.17, 15) is 19.0 Å². The van der Waals surface area contributed by atoms with Crippen LogP contribution in [0.3, 0.4) is 0 Å². The maximum atomic E-state index is 16.1. The van der Waals surface area contributed by atoms with Gasteiger partial charge < -0.3 is 39.8 Å². The molecule has 4 aromatic rings. The Morgan fingerprint density at radius 3 is 2.57 bits per heavy atom. The third-order valence-corrected chi connectivity index (χ3v) is 11.8. The van der Waals surface area contributed by atoms with Gasteiger partial charge in [0.05, 0.1) is 25.4 Å². The zero-order valence-electron chi connectivity index (χ0n) is 24.6. The molecular formula is C23H31FN10O9P2S2. The molecule has 19 nitrogen and oxygen atoms in total. The predicted octanol–water partition coefficient (Wildman–Crippen LogP) is 1.26. The molecule has 256 valence electrons. The van der Waals surface area contributed by atoms with Crippen LogP contribution in [0.25, 0.3) is 22.3 Å². The smallest absolute Gasteiger partial charge is 0.280 e. The monoisotopic (exact) mass is 736 g/mol. The lowest BCUT2D eigenvalue weighted by atomic mass is 9.98. The maximum Gasteiger partial charge on any atom is 0.280 e. The van der Waals surface area contributed by atoms with E-state index < -0.39 is 80.8 Å². The molecule has 0 aromatic carbocycles. The number of halogens is 1. The second-order valence-electron chi connectivity index (χ2n) is 11.0. The van der Waals surface area contributed by atoms with Gasteiger partial charge in [-0.2, -0.15) is 4.98 Å². The number of hydrogen-bond acceptors (Lipinski definition) is 16. The number of rotatable bonds is 11. The number of ether oxygens (including phenoxy) is 3. The minimum Gasteiger partial charge on any atom is -0.396 e. The van der Waals surface area contributed by atoms with Crippen molar-refractivity contribution in [1.29, 1.82) is 0 Å². The number of nitrogen functional groups attached to an aromatic ring is 2. The summed E-state index contributed by atoms with van der Waals surface area (Å²) in [6.45, 7) is -3.82. The van der Waals surface area contributed by atoms with Crippen molar-refractivity contribution in [3.63, 3.8) is 0 Å². The molecule has 3 unspecified atom stereocenters. The number of aliphatic hydroxyl groups is 1. The molecule has 47 heavy (non-hydrogen) atoms. The molecule has 2 saturated heterocycles. The number of anilines is 2. The van der Waals surface area contributed by atoms with Crippen molar-refractivity contribution in [2.45, 2.75) is 61.5 Å². The zero-order chi connectivity index (χ0) is 33.8. The molecular weight excluding hydrogens is 705 g/mol. The Morgan fingerprint density at radius 1 is 1.19 bits per heavy atom. The van der Waals surface area contributed by atoms with E-state index in [0.29, 0.717) is 11.2 Å². The van der Waals surface area contributed by atoms with Crippen molar-refractivity contribution in [3.8, 4) is 0 Å². The lowest BCUT2D eigenvalue weighted by Crippen LogP contribution is -2.45. The first-order valence-electron chi connectivity index (χ1n) is 13.9. The van der Waals surface area contributed by atoms with Crippen LogP contribution < -0.4 is 17.0 Å². The average molecular weight is 737 g/mol. The number of aromatic nitrogens is 8. The Balaban J connectivity index is 1.34. The van der Waals surface area contributed by atoms with Gasteiger partial charge in [-0.3, -0.25) is 28.0 Å². The Hall–Kier alpha value is -2.65. The highest BCUT2D eigenvalue weighted by Gasteiger charge is 2.59. The molecule has 0 amide bonds.